The molecule has 1 N–H and O–H groups in total. The number of ether oxygens (including phenoxy) is 2. The van der Waals surface area contributed by atoms with Crippen LogP contribution in [0.3, 0.4) is 0 Å². The van der Waals surface area contributed by atoms with Gasteiger partial charge in [-0.1, -0.05) is 6.07 Å². The zero-order valence-corrected chi connectivity index (χ0v) is 13.3. The van der Waals surface area contributed by atoms with E-state index in [1.54, 1.807) is 14.2 Å². The summed E-state index contributed by atoms with van der Waals surface area (Å²) in [6.45, 7) is 3.97. The molecule has 0 aromatic heterocycles. The largest absolute Gasteiger partial charge is 0.493 e. The number of amides is 1. The molecule has 1 aromatic carbocycles. The SMILES string of the molecule is COc1ccc(C(CC(=O)NC(C)C)C2CC2)cc1OC. The quantitative estimate of drug-likeness (QED) is 0.839. The second-order valence-corrected chi connectivity index (χ2v) is 5.98. The average Bonchev–Trinajstić information content (AvgIpc) is 3.27. The fourth-order valence-corrected chi connectivity index (χ4v) is 2.72. The number of nitrogens with one attached hydrogen (secondary N) is 1. The Hall–Kier alpha value is -1.71. The van der Waals surface area contributed by atoms with Gasteiger partial charge in [-0.05, 0) is 56.2 Å². The summed E-state index contributed by atoms with van der Waals surface area (Å²) >= 11 is 0. The van der Waals surface area contributed by atoms with Crippen molar-refractivity contribution in [2.75, 3.05) is 14.2 Å². The van der Waals surface area contributed by atoms with E-state index < -0.39 is 0 Å². The van der Waals surface area contributed by atoms with Crippen LogP contribution < -0.4 is 14.8 Å². The van der Waals surface area contributed by atoms with Crippen LogP contribution in [0.1, 0.15) is 44.6 Å². The first-order valence-electron chi connectivity index (χ1n) is 7.56. The van der Waals surface area contributed by atoms with Gasteiger partial charge in [0.2, 0.25) is 5.91 Å². The Kier molecular flexibility index (Phi) is 5.10. The van der Waals surface area contributed by atoms with Crippen molar-refractivity contribution in [1.82, 2.24) is 5.32 Å². The summed E-state index contributed by atoms with van der Waals surface area (Å²) in [6, 6.07) is 6.16. The zero-order chi connectivity index (χ0) is 15.4. The summed E-state index contributed by atoms with van der Waals surface area (Å²) in [4.78, 5) is 12.1. The van der Waals surface area contributed by atoms with E-state index in [4.69, 9.17) is 9.47 Å². The van der Waals surface area contributed by atoms with Gasteiger partial charge in [0.1, 0.15) is 0 Å². The van der Waals surface area contributed by atoms with Crippen molar-refractivity contribution in [1.29, 1.82) is 0 Å². The molecule has 116 valence electrons. The standard InChI is InChI=1S/C17H25NO3/c1-11(2)18-17(19)10-14(12-5-6-12)13-7-8-15(20-3)16(9-13)21-4/h7-9,11-12,14H,5-6,10H2,1-4H3,(H,18,19). The van der Waals surface area contributed by atoms with Crippen LogP contribution in [0.15, 0.2) is 18.2 Å². The van der Waals surface area contributed by atoms with Gasteiger partial charge >= 0.3 is 0 Å². The Morgan fingerprint density at radius 3 is 2.43 bits per heavy atom. The molecule has 0 bridgehead atoms. The molecule has 1 atom stereocenters. The number of rotatable bonds is 7. The van der Waals surface area contributed by atoms with Crippen molar-refractivity contribution in [3.05, 3.63) is 23.8 Å². The van der Waals surface area contributed by atoms with E-state index in [-0.39, 0.29) is 17.9 Å². The lowest BCUT2D eigenvalue weighted by Crippen LogP contribution is -2.31. The van der Waals surface area contributed by atoms with Crippen LogP contribution in [-0.2, 0) is 4.79 Å². The first-order valence-corrected chi connectivity index (χ1v) is 7.56. The molecule has 4 heteroatoms. The molecule has 0 saturated heterocycles. The van der Waals surface area contributed by atoms with Crippen molar-refractivity contribution in [3.63, 3.8) is 0 Å². The normalized spacial score (nSPS) is 15.7. The van der Waals surface area contributed by atoms with Gasteiger partial charge in [-0.25, -0.2) is 0 Å². The van der Waals surface area contributed by atoms with Gasteiger partial charge in [-0.2, -0.15) is 0 Å². The van der Waals surface area contributed by atoms with E-state index in [9.17, 15) is 4.79 Å². The molecule has 0 heterocycles. The van der Waals surface area contributed by atoms with Gasteiger partial charge in [0.25, 0.3) is 0 Å². The number of carbonyl (C=O) groups excluding carboxylic acids is 1. The van der Waals surface area contributed by atoms with Crippen LogP contribution in [0.5, 0.6) is 11.5 Å². The lowest BCUT2D eigenvalue weighted by molar-refractivity contribution is -0.122. The first kappa shape index (κ1) is 15.7. The third kappa shape index (κ3) is 4.13. The van der Waals surface area contributed by atoms with Crippen molar-refractivity contribution >= 4 is 5.91 Å². The highest BCUT2D eigenvalue weighted by atomic mass is 16.5. The summed E-state index contributed by atoms with van der Waals surface area (Å²) in [6.07, 6.45) is 2.94. The first-order chi connectivity index (χ1) is 10.0. The second-order valence-electron chi connectivity index (χ2n) is 5.98. The molecule has 0 aliphatic heterocycles. The Balaban J connectivity index is 2.16. The van der Waals surface area contributed by atoms with Crippen LogP contribution in [0.25, 0.3) is 0 Å². The summed E-state index contributed by atoms with van der Waals surface area (Å²) in [7, 11) is 3.27. The predicted octanol–water partition coefficient (Wildman–Crippen LogP) is 3.11. The van der Waals surface area contributed by atoms with Crippen LogP contribution >= 0.6 is 0 Å². The maximum absolute atomic E-state index is 12.1. The molecule has 0 spiro atoms. The minimum Gasteiger partial charge on any atom is -0.493 e. The molecule has 1 aliphatic rings. The third-order valence-corrected chi connectivity index (χ3v) is 3.88. The molecule has 2 rings (SSSR count). The lowest BCUT2D eigenvalue weighted by atomic mass is 9.90. The van der Waals surface area contributed by atoms with Gasteiger partial charge < -0.3 is 14.8 Å². The number of benzene rings is 1. The second kappa shape index (κ2) is 6.83. The van der Waals surface area contributed by atoms with E-state index >= 15 is 0 Å². The number of hydrogen-bond acceptors (Lipinski definition) is 3. The van der Waals surface area contributed by atoms with Gasteiger partial charge in [0.15, 0.2) is 11.5 Å². The molecular formula is C17H25NO3. The van der Waals surface area contributed by atoms with Crippen molar-refractivity contribution in [2.24, 2.45) is 5.92 Å². The summed E-state index contributed by atoms with van der Waals surface area (Å²) in [5.41, 5.74) is 1.16. The molecule has 1 fully saturated rings. The van der Waals surface area contributed by atoms with E-state index in [1.807, 2.05) is 32.0 Å². The summed E-state index contributed by atoms with van der Waals surface area (Å²) in [5, 5.41) is 2.98. The molecular weight excluding hydrogens is 266 g/mol. The number of methoxy groups -OCH3 is 2. The average molecular weight is 291 g/mol. The van der Waals surface area contributed by atoms with Crippen LogP contribution in [-0.4, -0.2) is 26.2 Å². The topological polar surface area (TPSA) is 47.6 Å². The third-order valence-electron chi connectivity index (χ3n) is 3.88. The van der Waals surface area contributed by atoms with Crippen LogP contribution in [0, 0.1) is 5.92 Å². The van der Waals surface area contributed by atoms with Gasteiger partial charge in [0.05, 0.1) is 14.2 Å². The summed E-state index contributed by atoms with van der Waals surface area (Å²) < 4.78 is 10.6. The number of hydrogen-bond donors (Lipinski definition) is 1. The van der Waals surface area contributed by atoms with Gasteiger partial charge in [-0.3, -0.25) is 4.79 Å². The highest BCUT2D eigenvalue weighted by Crippen LogP contribution is 2.46. The van der Waals surface area contributed by atoms with Crippen molar-refractivity contribution in [3.8, 4) is 11.5 Å². The predicted molar refractivity (Wildman–Crippen MR) is 82.9 cm³/mol. The molecule has 1 unspecified atom stereocenters. The Morgan fingerprint density at radius 1 is 1.24 bits per heavy atom. The van der Waals surface area contributed by atoms with Crippen LogP contribution in [0.2, 0.25) is 0 Å². The maximum atomic E-state index is 12.1. The fourth-order valence-electron chi connectivity index (χ4n) is 2.72. The fraction of sp³-hybridized carbons (Fsp3) is 0.588. The Labute approximate surface area is 126 Å². The molecule has 21 heavy (non-hydrogen) atoms. The smallest absolute Gasteiger partial charge is 0.220 e. The molecule has 4 nitrogen and oxygen atoms in total. The monoisotopic (exact) mass is 291 g/mol. The minimum absolute atomic E-state index is 0.122. The van der Waals surface area contributed by atoms with Crippen molar-refractivity contribution in [2.45, 2.75) is 45.1 Å². The zero-order valence-electron chi connectivity index (χ0n) is 13.3. The molecule has 1 saturated carbocycles. The lowest BCUT2D eigenvalue weighted by Gasteiger charge is -2.19. The number of carbonyl (C=O) groups is 1. The van der Waals surface area contributed by atoms with E-state index in [0.717, 1.165) is 17.1 Å². The maximum Gasteiger partial charge on any atom is 0.220 e. The highest BCUT2D eigenvalue weighted by molar-refractivity contribution is 5.77. The van der Waals surface area contributed by atoms with Gasteiger partial charge in [0, 0.05) is 12.5 Å². The molecule has 1 amide bonds. The van der Waals surface area contributed by atoms with Crippen LogP contribution in [0.4, 0.5) is 0 Å². The molecule has 1 aromatic rings. The minimum atomic E-state index is 0.122. The Morgan fingerprint density at radius 2 is 1.90 bits per heavy atom. The van der Waals surface area contributed by atoms with E-state index in [0.29, 0.717) is 12.3 Å². The molecule has 0 radical (unpaired) electrons. The van der Waals surface area contributed by atoms with E-state index in [2.05, 4.69) is 5.32 Å². The van der Waals surface area contributed by atoms with Gasteiger partial charge in [-0.15, -0.1) is 0 Å². The van der Waals surface area contributed by atoms with E-state index in [1.165, 1.54) is 12.8 Å². The summed E-state index contributed by atoms with van der Waals surface area (Å²) in [5.74, 6) is 2.45. The highest BCUT2D eigenvalue weighted by Gasteiger charge is 2.34. The Bertz CT molecular complexity index is 495. The van der Waals surface area contributed by atoms with Crippen molar-refractivity contribution < 1.29 is 14.3 Å². The molecule has 1 aliphatic carbocycles.